The summed E-state index contributed by atoms with van der Waals surface area (Å²) in [4.78, 5) is 20.3. The zero-order valence-electron chi connectivity index (χ0n) is 11.4. The number of aromatic nitrogens is 2. The van der Waals surface area contributed by atoms with Gasteiger partial charge in [-0.25, -0.2) is 9.37 Å². The summed E-state index contributed by atoms with van der Waals surface area (Å²) in [6.45, 7) is 2.08. The molecular formula is C15H13FN2OS2. The van der Waals surface area contributed by atoms with Crippen LogP contribution in [0.5, 0.6) is 0 Å². The normalized spacial score (nSPS) is 11.1. The molecule has 0 amide bonds. The maximum absolute atomic E-state index is 13.0. The fourth-order valence-corrected chi connectivity index (χ4v) is 3.76. The van der Waals surface area contributed by atoms with Crippen LogP contribution < -0.4 is 5.56 Å². The highest BCUT2D eigenvalue weighted by Crippen LogP contribution is 2.31. The zero-order valence-corrected chi connectivity index (χ0v) is 13.0. The second-order valence-electron chi connectivity index (χ2n) is 4.56. The molecule has 3 nitrogen and oxygen atoms in total. The van der Waals surface area contributed by atoms with Crippen LogP contribution in [0.2, 0.25) is 0 Å². The van der Waals surface area contributed by atoms with Gasteiger partial charge in [-0.3, -0.25) is 4.79 Å². The molecule has 0 radical (unpaired) electrons. The number of hydrogen-bond donors (Lipinski definition) is 1. The molecule has 0 spiro atoms. The Hall–Kier alpha value is -1.66. The van der Waals surface area contributed by atoms with Crippen LogP contribution in [-0.2, 0) is 0 Å². The van der Waals surface area contributed by atoms with Crippen molar-refractivity contribution in [3.8, 4) is 11.1 Å². The molecule has 3 aromatic rings. The number of fused-ring (bicyclic) bond motifs is 1. The first-order valence-corrected chi connectivity index (χ1v) is 8.46. The summed E-state index contributed by atoms with van der Waals surface area (Å²) in [5.41, 5.74) is 1.49. The van der Waals surface area contributed by atoms with Crippen LogP contribution in [0.1, 0.15) is 13.3 Å². The summed E-state index contributed by atoms with van der Waals surface area (Å²) in [7, 11) is 0. The summed E-state index contributed by atoms with van der Waals surface area (Å²) in [6.07, 6.45) is 1.03. The SMILES string of the molecule is CCCSc1nc2scc(-c3ccc(F)cc3)c2c(=O)[nH]1. The number of thiophene rings is 1. The van der Waals surface area contributed by atoms with Gasteiger partial charge in [0, 0.05) is 16.7 Å². The Morgan fingerprint density at radius 2 is 2.10 bits per heavy atom. The standard InChI is InChI=1S/C15H13FN2OS2/c1-2-7-20-15-17-13(19)12-11(8-21-14(12)18-15)9-3-5-10(16)6-4-9/h3-6,8H,2,7H2,1H3,(H,17,18,19). The minimum absolute atomic E-state index is 0.140. The van der Waals surface area contributed by atoms with Crippen LogP contribution in [0, 0.1) is 5.82 Å². The van der Waals surface area contributed by atoms with E-state index in [9.17, 15) is 9.18 Å². The molecule has 2 heterocycles. The lowest BCUT2D eigenvalue weighted by Gasteiger charge is -2.01. The summed E-state index contributed by atoms with van der Waals surface area (Å²) in [6, 6.07) is 6.14. The molecule has 0 bridgehead atoms. The molecule has 0 aliphatic heterocycles. The van der Waals surface area contributed by atoms with Crippen molar-refractivity contribution in [3.63, 3.8) is 0 Å². The molecule has 1 aromatic carbocycles. The predicted molar refractivity (Wildman–Crippen MR) is 86.6 cm³/mol. The Morgan fingerprint density at radius 1 is 1.33 bits per heavy atom. The topological polar surface area (TPSA) is 45.8 Å². The van der Waals surface area contributed by atoms with Gasteiger partial charge in [-0.2, -0.15) is 0 Å². The van der Waals surface area contributed by atoms with Gasteiger partial charge < -0.3 is 4.98 Å². The van der Waals surface area contributed by atoms with Gasteiger partial charge in [0.1, 0.15) is 10.6 Å². The van der Waals surface area contributed by atoms with E-state index in [4.69, 9.17) is 0 Å². The Kier molecular flexibility index (Phi) is 4.07. The lowest BCUT2D eigenvalue weighted by molar-refractivity contribution is 0.628. The molecule has 1 N–H and O–H groups in total. The number of halogens is 1. The van der Waals surface area contributed by atoms with Crippen molar-refractivity contribution in [1.29, 1.82) is 0 Å². The maximum atomic E-state index is 13.0. The van der Waals surface area contributed by atoms with Gasteiger partial charge in [0.25, 0.3) is 5.56 Å². The number of hydrogen-bond acceptors (Lipinski definition) is 4. The molecule has 21 heavy (non-hydrogen) atoms. The van der Waals surface area contributed by atoms with Gasteiger partial charge in [0.2, 0.25) is 0 Å². The maximum Gasteiger partial charge on any atom is 0.260 e. The summed E-state index contributed by atoms with van der Waals surface area (Å²) in [5.74, 6) is 0.633. The van der Waals surface area contributed by atoms with E-state index in [1.165, 1.54) is 23.5 Å². The first-order chi connectivity index (χ1) is 10.2. The van der Waals surface area contributed by atoms with Gasteiger partial charge in [-0.1, -0.05) is 30.8 Å². The number of thioether (sulfide) groups is 1. The van der Waals surface area contributed by atoms with Crippen molar-refractivity contribution < 1.29 is 4.39 Å². The van der Waals surface area contributed by atoms with Gasteiger partial charge in [0.05, 0.1) is 5.39 Å². The quantitative estimate of drug-likeness (QED) is 0.576. The molecule has 0 fully saturated rings. The second-order valence-corrected chi connectivity index (χ2v) is 6.50. The Balaban J connectivity index is 2.10. The van der Waals surface area contributed by atoms with Gasteiger partial charge in [0.15, 0.2) is 5.16 Å². The third kappa shape index (κ3) is 2.87. The second kappa shape index (κ2) is 5.99. The van der Waals surface area contributed by atoms with Crippen molar-refractivity contribution in [2.75, 3.05) is 5.75 Å². The Morgan fingerprint density at radius 3 is 2.81 bits per heavy atom. The minimum atomic E-state index is -0.288. The van der Waals surface area contributed by atoms with Crippen LogP contribution in [0.3, 0.4) is 0 Å². The summed E-state index contributed by atoms with van der Waals surface area (Å²) >= 11 is 2.98. The molecule has 0 saturated carbocycles. The number of nitrogens with zero attached hydrogens (tertiary/aromatic N) is 1. The first-order valence-electron chi connectivity index (χ1n) is 6.59. The number of aromatic amines is 1. The number of H-pyrrole nitrogens is 1. The first kappa shape index (κ1) is 14.3. The van der Waals surface area contributed by atoms with E-state index in [1.54, 1.807) is 23.9 Å². The minimum Gasteiger partial charge on any atom is -0.301 e. The third-order valence-electron chi connectivity index (χ3n) is 3.02. The fourth-order valence-electron chi connectivity index (χ4n) is 2.04. The molecule has 2 aromatic heterocycles. The van der Waals surface area contributed by atoms with Crippen LogP contribution in [0.15, 0.2) is 39.6 Å². The highest BCUT2D eigenvalue weighted by atomic mass is 32.2. The number of nitrogens with one attached hydrogen (secondary N) is 1. The van der Waals surface area contributed by atoms with Crippen molar-refractivity contribution in [3.05, 3.63) is 45.8 Å². The van der Waals surface area contributed by atoms with E-state index < -0.39 is 0 Å². The highest BCUT2D eigenvalue weighted by Gasteiger charge is 2.13. The van der Waals surface area contributed by atoms with Crippen molar-refractivity contribution in [2.45, 2.75) is 18.5 Å². The molecule has 6 heteroatoms. The van der Waals surface area contributed by atoms with Gasteiger partial charge in [-0.05, 0) is 24.1 Å². The average Bonchev–Trinajstić information content (AvgIpc) is 2.90. The third-order valence-corrected chi connectivity index (χ3v) is 4.97. The molecule has 0 aliphatic rings. The lowest BCUT2D eigenvalue weighted by Crippen LogP contribution is -2.08. The zero-order chi connectivity index (χ0) is 14.8. The van der Waals surface area contributed by atoms with Gasteiger partial charge in [-0.15, -0.1) is 11.3 Å². The summed E-state index contributed by atoms with van der Waals surface area (Å²) in [5, 5.41) is 3.13. The Labute approximate surface area is 129 Å². The number of rotatable bonds is 4. The van der Waals surface area contributed by atoms with Crippen LogP contribution in [0.4, 0.5) is 4.39 Å². The Bertz CT molecular complexity index is 824. The van der Waals surface area contributed by atoms with Gasteiger partial charge >= 0.3 is 0 Å². The average molecular weight is 320 g/mol. The van der Waals surface area contributed by atoms with Crippen LogP contribution >= 0.6 is 23.1 Å². The van der Waals surface area contributed by atoms with E-state index in [1.807, 2.05) is 5.38 Å². The van der Waals surface area contributed by atoms with Crippen molar-refractivity contribution in [2.24, 2.45) is 0 Å². The lowest BCUT2D eigenvalue weighted by atomic mass is 10.1. The smallest absolute Gasteiger partial charge is 0.260 e. The molecule has 0 aliphatic carbocycles. The van der Waals surface area contributed by atoms with E-state index in [2.05, 4.69) is 16.9 Å². The highest BCUT2D eigenvalue weighted by molar-refractivity contribution is 7.99. The van der Waals surface area contributed by atoms with E-state index in [-0.39, 0.29) is 11.4 Å². The molecular weight excluding hydrogens is 307 g/mol. The molecule has 0 saturated heterocycles. The number of benzene rings is 1. The largest absolute Gasteiger partial charge is 0.301 e. The van der Waals surface area contributed by atoms with Crippen LogP contribution in [-0.4, -0.2) is 15.7 Å². The van der Waals surface area contributed by atoms with Crippen molar-refractivity contribution in [1.82, 2.24) is 9.97 Å². The fraction of sp³-hybridized carbons (Fsp3) is 0.200. The molecule has 3 rings (SSSR count). The molecule has 0 atom stereocenters. The van der Waals surface area contributed by atoms with E-state index in [0.717, 1.165) is 28.1 Å². The van der Waals surface area contributed by atoms with E-state index in [0.29, 0.717) is 10.5 Å². The molecule has 0 unspecified atom stereocenters. The monoisotopic (exact) mass is 320 g/mol. The molecule has 108 valence electrons. The predicted octanol–water partition coefficient (Wildman–Crippen LogP) is 4.29. The summed E-state index contributed by atoms with van der Waals surface area (Å²) < 4.78 is 13.0. The van der Waals surface area contributed by atoms with Crippen molar-refractivity contribution >= 4 is 33.3 Å². The van der Waals surface area contributed by atoms with E-state index >= 15 is 0 Å². The van der Waals surface area contributed by atoms with Crippen LogP contribution in [0.25, 0.3) is 21.3 Å².